The minimum absolute atomic E-state index is 0.00791. The summed E-state index contributed by atoms with van der Waals surface area (Å²) in [6.07, 6.45) is 1.72. The molecule has 0 fully saturated rings. The Morgan fingerprint density at radius 3 is 1.64 bits per heavy atom. The van der Waals surface area contributed by atoms with E-state index in [9.17, 15) is 4.79 Å². The lowest BCUT2D eigenvalue weighted by molar-refractivity contribution is -0.117. The van der Waals surface area contributed by atoms with Crippen molar-refractivity contribution in [1.82, 2.24) is 0 Å². The van der Waals surface area contributed by atoms with Crippen molar-refractivity contribution in [2.24, 2.45) is 0 Å². The topological polar surface area (TPSA) is 26.3 Å². The van der Waals surface area contributed by atoms with Crippen molar-refractivity contribution in [3.05, 3.63) is 120 Å². The van der Waals surface area contributed by atoms with Crippen LogP contribution in [0.2, 0.25) is 0 Å². The van der Waals surface area contributed by atoms with Gasteiger partial charge in [0, 0.05) is 17.9 Å². The van der Waals surface area contributed by atoms with Crippen LogP contribution in [0.25, 0.3) is 0 Å². The van der Waals surface area contributed by atoms with Gasteiger partial charge in [0.25, 0.3) is 0 Å². The average Bonchev–Trinajstić information content (AvgIpc) is 2.75. The van der Waals surface area contributed by atoms with Crippen molar-refractivity contribution in [1.29, 1.82) is 0 Å². The molecule has 2 heteroatoms. The van der Waals surface area contributed by atoms with Crippen LogP contribution in [0.3, 0.4) is 0 Å². The van der Waals surface area contributed by atoms with Crippen LogP contribution in [-0.4, -0.2) is 12.4 Å². The minimum atomic E-state index is -0.238. The number of allylic oxidation sites excluding steroid dienone is 2. The van der Waals surface area contributed by atoms with Gasteiger partial charge in [-0.2, -0.15) is 0 Å². The SMILES string of the molecule is CCOC1=CC(=O)C(c2ccccc2)C(c2ccccc2)C1c1ccccc1. The van der Waals surface area contributed by atoms with Crippen LogP contribution in [0.1, 0.15) is 41.4 Å². The van der Waals surface area contributed by atoms with Crippen LogP contribution in [0.15, 0.2) is 103 Å². The summed E-state index contributed by atoms with van der Waals surface area (Å²) in [5.41, 5.74) is 3.38. The Balaban J connectivity index is 1.93. The second-order valence-electron chi connectivity index (χ2n) is 7.10. The first-order chi connectivity index (χ1) is 13.8. The van der Waals surface area contributed by atoms with Crippen LogP contribution in [0, 0.1) is 0 Å². The maximum absolute atomic E-state index is 13.3. The number of hydrogen-bond donors (Lipinski definition) is 0. The largest absolute Gasteiger partial charge is 0.497 e. The second-order valence-corrected chi connectivity index (χ2v) is 7.10. The molecular weight excluding hydrogens is 344 g/mol. The third kappa shape index (κ3) is 3.50. The van der Waals surface area contributed by atoms with E-state index in [1.807, 2.05) is 49.4 Å². The van der Waals surface area contributed by atoms with Crippen molar-refractivity contribution < 1.29 is 9.53 Å². The van der Waals surface area contributed by atoms with E-state index in [-0.39, 0.29) is 23.5 Å². The van der Waals surface area contributed by atoms with Gasteiger partial charge in [-0.15, -0.1) is 0 Å². The van der Waals surface area contributed by atoms with Crippen molar-refractivity contribution in [3.63, 3.8) is 0 Å². The van der Waals surface area contributed by atoms with Crippen LogP contribution < -0.4 is 0 Å². The molecule has 4 rings (SSSR count). The molecule has 0 bridgehead atoms. The van der Waals surface area contributed by atoms with Crippen LogP contribution in [-0.2, 0) is 9.53 Å². The van der Waals surface area contributed by atoms with E-state index in [2.05, 4.69) is 48.5 Å². The summed E-state index contributed by atoms with van der Waals surface area (Å²) in [5.74, 6) is 0.602. The molecule has 3 aromatic carbocycles. The van der Waals surface area contributed by atoms with E-state index in [0.717, 1.165) is 16.9 Å². The standard InChI is InChI=1S/C26H24O2/c1-2-28-23-18-22(27)24(19-12-6-3-7-13-19)26(21-16-10-5-11-17-21)25(23)20-14-8-4-9-15-20/h3-18,24-26H,2H2,1H3. The molecular formula is C26H24O2. The maximum atomic E-state index is 13.3. The first kappa shape index (κ1) is 18.2. The van der Waals surface area contributed by atoms with E-state index < -0.39 is 0 Å². The lowest BCUT2D eigenvalue weighted by Gasteiger charge is -2.38. The fraction of sp³-hybridized carbons (Fsp3) is 0.192. The lowest BCUT2D eigenvalue weighted by Crippen LogP contribution is -2.31. The van der Waals surface area contributed by atoms with Gasteiger partial charge in [-0.3, -0.25) is 4.79 Å². The Hall–Kier alpha value is -3.13. The number of carbonyl (C=O) groups excluding carboxylic acids is 1. The summed E-state index contributed by atoms with van der Waals surface area (Å²) < 4.78 is 6.00. The van der Waals surface area contributed by atoms with E-state index >= 15 is 0 Å². The van der Waals surface area contributed by atoms with Crippen molar-refractivity contribution in [2.75, 3.05) is 6.61 Å². The van der Waals surface area contributed by atoms with Gasteiger partial charge >= 0.3 is 0 Å². The summed E-state index contributed by atoms with van der Waals surface area (Å²) in [5, 5.41) is 0. The number of ketones is 1. The van der Waals surface area contributed by atoms with Gasteiger partial charge in [-0.25, -0.2) is 0 Å². The molecule has 0 spiro atoms. The maximum Gasteiger partial charge on any atom is 0.167 e. The molecule has 28 heavy (non-hydrogen) atoms. The molecule has 0 aromatic heterocycles. The molecule has 0 saturated carbocycles. The predicted molar refractivity (Wildman–Crippen MR) is 112 cm³/mol. The smallest absolute Gasteiger partial charge is 0.167 e. The van der Waals surface area contributed by atoms with Gasteiger partial charge in [0.05, 0.1) is 12.5 Å². The third-order valence-corrected chi connectivity index (χ3v) is 5.43. The molecule has 3 aromatic rings. The predicted octanol–water partition coefficient (Wildman–Crippen LogP) is 5.84. The summed E-state index contributed by atoms with van der Waals surface area (Å²) in [6, 6.07) is 30.8. The van der Waals surface area contributed by atoms with Crippen LogP contribution in [0.4, 0.5) is 0 Å². The summed E-state index contributed by atoms with van der Waals surface area (Å²) in [6.45, 7) is 2.51. The van der Waals surface area contributed by atoms with Gasteiger partial charge in [0.1, 0.15) is 5.76 Å². The van der Waals surface area contributed by atoms with Crippen molar-refractivity contribution in [3.8, 4) is 0 Å². The van der Waals surface area contributed by atoms with Gasteiger partial charge in [0.15, 0.2) is 5.78 Å². The lowest BCUT2D eigenvalue weighted by atomic mass is 9.66. The van der Waals surface area contributed by atoms with Crippen LogP contribution in [0.5, 0.6) is 0 Å². The minimum Gasteiger partial charge on any atom is -0.497 e. The molecule has 0 aliphatic heterocycles. The Labute approximate surface area is 166 Å². The highest BCUT2D eigenvalue weighted by Gasteiger charge is 2.42. The normalized spacial score (nSPS) is 21.8. The van der Waals surface area contributed by atoms with Crippen molar-refractivity contribution in [2.45, 2.75) is 24.7 Å². The highest BCUT2D eigenvalue weighted by Crippen LogP contribution is 2.50. The molecule has 0 heterocycles. The number of hydrogen-bond acceptors (Lipinski definition) is 2. The van der Waals surface area contributed by atoms with Crippen molar-refractivity contribution >= 4 is 5.78 Å². The van der Waals surface area contributed by atoms with Gasteiger partial charge < -0.3 is 4.74 Å². The molecule has 0 saturated heterocycles. The fourth-order valence-electron chi connectivity index (χ4n) is 4.29. The zero-order chi connectivity index (χ0) is 19.3. The fourth-order valence-corrected chi connectivity index (χ4v) is 4.29. The molecule has 3 unspecified atom stereocenters. The molecule has 3 atom stereocenters. The zero-order valence-corrected chi connectivity index (χ0v) is 16.0. The summed E-state index contributed by atoms with van der Waals surface area (Å²) >= 11 is 0. The first-order valence-electron chi connectivity index (χ1n) is 9.82. The van der Waals surface area contributed by atoms with E-state index in [1.54, 1.807) is 6.08 Å². The first-order valence-corrected chi connectivity index (χ1v) is 9.82. The molecule has 140 valence electrons. The summed E-state index contributed by atoms with van der Waals surface area (Å²) in [4.78, 5) is 13.3. The number of rotatable bonds is 5. The molecule has 0 N–H and O–H groups in total. The molecule has 0 amide bonds. The molecule has 0 radical (unpaired) electrons. The highest BCUT2D eigenvalue weighted by atomic mass is 16.5. The number of carbonyl (C=O) groups is 1. The van der Waals surface area contributed by atoms with Gasteiger partial charge in [-0.05, 0) is 23.6 Å². The Morgan fingerprint density at radius 2 is 1.14 bits per heavy atom. The number of ether oxygens (including phenoxy) is 1. The second kappa shape index (κ2) is 8.26. The van der Waals surface area contributed by atoms with Crippen LogP contribution >= 0.6 is 0 Å². The van der Waals surface area contributed by atoms with E-state index in [0.29, 0.717) is 6.61 Å². The van der Waals surface area contributed by atoms with E-state index in [1.165, 1.54) is 5.56 Å². The Kier molecular flexibility index (Phi) is 5.38. The monoisotopic (exact) mass is 368 g/mol. The quantitative estimate of drug-likeness (QED) is 0.565. The van der Waals surface area contributed by atoms with Gasteiger partial charge in [0.2, 0.25) is 0 Å². The summed E-state index contributed by atoms with van der Waals surface area (Å²) in [7, 11) is 0. The molecule has 1 aliphatic rings. The van der Waals surface area contributed by atoms with Gasteiger partial charge in [-0.1, -0.05) is 91.0 Å². The third-order valence-electron chi connectivity index (χ3n) is 5.43. The molecule has 2 nitrogen and oxygen atoms in total. The Bertz CT molecular complexity index is 945. The van der Waals surface area contributed by atoms with E-state index in [4.69, 9.17) is 4.74 Å². The zero-order valence-electron chi connectivity index (χ0n) is 16.0. The Morgan fingerprint density at radius 1 is 0.679 bits per heavy atom. The molecule has 1 aliphatic carbocycles. The number of benzene rings is 3. The highest BCUT2D eigenvalue weighted by molar-refractivity contribution is 5.98. The average molecular weight is 368 g/mol.